The van der Waals surface area contributed by atoms with Crippen molar-refractivity contribution in [2.75, 3.05) is 0 Å². The van der Waals surface area contributed by atoms with E-state index in [4.69, 9.17) is 5.11 Å². The third-order valence-corrected chi connectivity index (χ3v) is 1.98. The largest absolute Gasteiger partial charge is 0.392 e. The molecule has 2 unspecified atom stereocenters. The minimum Gasteiger partial charge on any atom is -0.392 e. The Morgan fingerprint density at radius 3 is 2.30 bits per heavy atom. The zero-order valence-electron chi connectivity index (χ0n) is 5.70. The first-order valence-corrected chi connectivity index (χ1v) is 3.61. The Bertz CT molecular complexity index is 217. The second-order valence-corrected chi connectivity index (χ2v) is 2.82. The molecule has 0 bridgehead atoms. The van der Waals surface area contributed by atoms with Crippen LogP contribution in [0.2, 0.25) is 0 Å². The minimum absolute atomic E-state index is 0.0672. The fourth-order valence-electron chi connectivity index (χ4n) is 1.24. The smallest absolute Gasteiger partial charge is 0.0616 e. The van der Waals surface area contributed by atoms with Crippen LogP contribution >= 0.6 is 0 Å². The van der Waals surface area contributed by atoms with Gasteiger partial charge in [0.2, 0.25) is 0 Å². The summed E-state index contributed by atoms with van der Waals surface area (Å²) in [7, 11) is 0. The second-order valence-electron chi connectivity index (χ2n) is 2.82. The Labute approximate surface area is 60.3 Å². The molecule has 1 heteroatoms. The van der Waals surface area contributed by atoms with Gasteiger partial charge in [-0.25, -0.2) is 0 Å². The van der Waals surface area contributed by atoms with Crippen molar-refractivity contribution in [3.05, 3.63) is 35.9 Å². The van der Waals surface area contributed by atoms with E-state index >= 15 is 0 Å². The Balaban J connectivity index is 2.20. The molecule has 0 radical (unpaired) electrons. The molecule has 1 aliphatic rings. The highest BCUT2D eigenvalue weighted by molar-refractivity contribution is 5.25. The van der Waals surface area contributed by atoms with Crippen LogP contribution in [0, 0.1) is 0 Å². The molecule has 52 valence electrons. The topological polar surface area (TPSA) is 20.2 Å². The van der Waals surface area contributed by atoms with Crippen LogP contribution in [0.15, 0.2) is 30.3 Å². The van der Waals surface area contributed by atoms with Gasteiger partial charge in [-0.1, -0.05) is 30.3 Å². The molecule has 2 rings (SSSR count). The molecular weight excluding hydrogens is 124 g/mol. The van der Waals surface area contributed by atoms with E-state index in [1.54, 1.807) is 0 Å². The summed E-state index contributed by atoms with van der Waals surface area (Å²) in [6.45, 7) is 0. The van der Waals surface area contributed by atoms with E-state index in [0.717, 1.165) is 6.42 Å². The van der Waals surface area contributed by atoms with Crippen molar-refractivity contribution < 1.29 is 5.11 Å². The number of aliphatic hydroxyl groups is 1. The van der Waals surface area contributed by atoms with E-state index < -0.39 is 0 Å². The van der Waals surface area contributed by atoms with Gasteiger partial charge < -0.3 is 5.11 Å². The molecule has 1 aromatic rings. The maximum Gasteiger partial charge on any atom is 0.0616 e. The highest BCUT2D eigenvalue weighted by atomic mass is 16.3. The first-order valence-electron chi connectivity index (χ1n) is 3.61. The van der Waals surface area contributed by atoms with Crippen LogP contribution in [0.4, 0.5) is 0 Å². The number of hydrogen-bond donors (Lipinski definition) is 1. The lowest BCUT2D eigenvalue weighted by molar-refractivity contribution is 0.272. The molecule has 1 aromatic carbocycles. The van der Waals surface area contributed by atoms with Gasteiger partial charge in [0.05, 0.1) is 6.10 Å². The third-order valence-electron chi connectivity index (χ3n) is 1.98. The molecule has 0 aromatic heterocycles. The normalized spacial score (nSPS) is 30.1. The molecular formula is C9H10O. The fourth-order valence-corrected chi connectivity index (χ4v) is 1.24. The van der Waals surface area contributed by atoms with E-state index in [1.165, 1.54) is 5.56 Å². The van der Waals surface area contributed by atoms with Crippen LogP contribution in [-0.4, -0.2) is 11.2 Å². The van der Waals surface area contributed by atoms with E-state index in [0.29, 0.717) is 5.92 Å². The molecule has 2 atom stereocenters. The van der Waals surface area contributed by atoms with Gasteiger partial charge in [-0.15, -0.1) is 0 Å². The quantitative estimate of drug-likeness (QED) is 0.617. The van der Waals surface area contributed by atoms with E-state index in [2.05, 4.69) is 12.1 Å². The fraction of sp³-hybridized carbons (Fsp3) is 0.333. The minimum atomic E-state index is -0.0672. The van der Waals surface area contributed by atoms with Crippen LogP contribution < -0.4 is 0 Å². The van der Waals surface area contributed by atoms with Gasteiger partial charge >= 0.3 is 0 Å². The Kier molecular flexibility index (Phi) is 1.24. The van der Waals surface area contributed by atoms with Crippen LogP contribution in [0.3, 0.4) is 0 Å². The molecule has 1 fully saturated rings. The van der Waals surface area contributed by atoms with Gasteiger partial charge in [0.25, 0.3) is 0 Å². The Morgan fingerprint density at radius 2 is 1.80 bits per heavy atom. The zero-order valence-corrected chi connectivity index (χ0v) is 5.70. The SMILES string of the molecule is OC1CC1c1ccccc1. The second kappa shape index (κ2) is 2.10. The summed E-state index contributed by atoms with van der Waals surface area (Å²) >= 11 is 0. The predicted molar refractivity (Wildman–Crippen MR) is 39.8 cm³/mol. The predicted octanol–water partition coefficient (Wildman–Crippen LogP) is 1.53. The summed E-state index contributed by atoms with van der Waals surface area (Å²) in [4.78, 5) is 0. The molecule has 1 saturated carbocycles. The van der Waals surface area contributed by atoms with Crippen molar-refractivity contribution in [2.24, 2.45) is 0 Å². The monoisotopic (exact) mass is 134 g/mol. The molecule has 1 N–H and O–H groups in total. The van der Waals surface area contributed by atoms with E-state index in [9.17, 15) is 0 Å². The van der Waals surface area contributed by atoms with E-state index in [-0.39, 0.29) is 6.10 Å². The van der Waals surface area contributed by atoms with Gasteiger partial charge in [0.1, 0.15) is 0 Å². The molecule has 1 nitrogen and oxygen atoms in total. The van der Waals surface area contributed by atoms with Crippen molar-refractivity contribution in [3.8, 4) is 0 Å². The van der Waals surface area contributed by atoms with Crippen molar-refractivity contribution in [1.29, 1.82) is 0 Å². The Morgan fingerprint density at radius 1 is 1.20 bits per heavy atom. The third kappa shape index (κ3) is 0.929. The van der Waals surface area contributed by atoms with Gasteiger partial charge in [-0.3, -0.25) is 0 Å². The lowest BCUT2D eigenvalue weighted by atomic mass is 10.1. The highest BCUT2D eigenvalue weighted by Gasteiger charge is 2.35. The lowest BCUT2D eigenvalue weighted by Crippen LogP contribution is -1.83. The molecule has 0 amide bonds. The molecule has 0 saturated heterocycles. The van der Waals surface area contributed by atoms with E-state index in [1.807, 2.05) is 18.2 Å². The lowest BCUT2D eigenvalue weighted by Gasteiger charge is -1.93. The summed E-state index contributed by atoms with van der Waals surface area (Å²) in [5.41, 5.74) is 1.27. The van der Waals surface area contributed by atoms with Crippen molar-refractivity contribution in [3.63, 3.8) is 0 Å². The number of aliphatic hydroxyl groups excluding tert-OH is 1. The van der Waals surface area contributed by atoms with Crippen LogP contribution in [0.1, 0.15) is 17.9 Å². The average Bonchev–Trinajstić information content (AvgIpc) is 2.69. The van der Waals surface area contributed by atoms with Crippen LogP contribution in [0.5, 0.6) is 0 Å². The van der Waals surface area contributed by atoms with Gasteiger partial charge in [-0.05, 0) is 12.0 Å². The Hall–Kier alpha value is -0.820. The zero-order chi connectivity index (χ0) is 6.97. The highest BCUT2D eigenvalue weighted by Crippen LogP contribution is 2.40. The molecule has 10 heavy (non-hydrogen) atoms. The average molecular weight is 134 g/mol. The van der Waals surface area contributed by atoms with Gasteiger partial charge in [0, 0.05) is 5.92 Å². The maximum atomic E-state index is 9.08. The first kappa shape index (κ1) is 5.93. The first-order chi connectivity index (χ1) is 4.88. The summed E-state index contributed by atoms with van der Waals surface area (Å²) in [6, 6.07) is 10.2. The van der Waals surface area contributed by atoms with Crippen molar-refractivity contribution in [1.82, 2.24) is 0 Å². The summed E-state index contributed by atoms with van der Waals surface area (Å²) in [5, 5.41) is 9.08. The number of hydrogen-bond acceptors (Lipinski definition) is 1. The molecule has 1 aliphatic carbocycles. The summed E-state index contributed by atoms with van der Waals surface area (Å²) in [5.74, 6) is 0.432. The molecule has 0 spiro atoms. The van der Waals surface area contributed by atoms with Crippen molar-refractivity contribution >= 4 is 0 Å². The van der Waals surface area contributed by atoms with Gasteiger partial charge in [-0.2, -0.15) is 0 Å². The van der Waals surface area contributed by atoms with Crippen molar-refractivity contribution in [2.45, 2.75) is 18.4 Å². The molecule has 0 aliphatic heterocycles. The number of benzene rings is 1. The maximum absolute atomic E-state index is 9.08. The summed E-state index contributed by atoms with van der Waals surface area (Å²) < 4.78 is 0. The van der Waals surface area contributed by atoms with Gasteiger partial charge in [0.15, 0.2) is 0 Å². The number of rotatable bonds is 1. The molecule has 0 heterocycles. The van der Waals surface area contributed by atoms with Crippen LogP contribution in [-0.2, 0) is 0 Å². The summed E-state index contributed by atoms with van der Waals surface area (Å²) in [6.07, 6.45) is 0.881. The van der Waals surface area contributed by atoms with Crippen LogP contribution in [0.25, 0.3) is 0 Å². The standard InChI is InChI=1S/C9H10O/c10-9-6-8(9)7-4-2-1-3-5-7/h1-5,8-10H,6H2.